The number of amides is 1. The molecule has 1 fully saturated rings. The van der Waals surface area contributed by atoms with Crippen LogP contribution in [-0.2, 0) is 11.2 Å². The number of halogens is 2. The molecule has 2 N–H and O–H groups in total. The normalized spacial score (nSPS) is 17.2. The van der Waals surface area contributed by atoms with Gasteiger partial charge in [-0.05, 0) is 35.0 Å². The zero-order valence-corrected chi connectivity index (χ0v) is 14.9. The first-order chi connectivity index (χ1) is 10.2. The van der Waals surface area contributed by atoms with Crippen LogP contribution >= 0.6 is 39.7 Å². The van der Waals surface area contributed by atoms with E-state index in [0.29, 0.717) is 24.6 Å². The Morgan fingerprint density at radius 3 is 3.14 bits per heavy atom. The number of nitrogens with one attached hydrogen (secondary N) is 2. The van der Waals surface area contributed by atoms with Gasteiger partial charge in [0.1, 0.15) is 0 Å². The van der Waals surface area contributed by atoms with Gasteiger partial charge in [-0.1, -0.05) is 5.16 Å². The number of carbonyl (C=O) groups excluding carboxylic acids is 1. The summed E-state index contributed by atoms with van der Waals surface area (Å²) in [4.78, 5) is 17.1. The van der Waals surface area contributed by atoms with Crippen molar-refractivity contribution in [2.45, 2.75) is 25.3 Å². The molecule has 0 aromatic carbocycles. The van der Waals surface area contributed by atoms with E-state index in [1.54, 1.807) is 11.3 Å². The zero-order chi connectivity index (χ0) is 14.7. The summed E-state index contributed by atoms with van der Waals surface area (Å²) in [5, 5.41) is 12.1. The number of thiophene rings is 1. The maximum atomic E-state index is 11.8. The van der Waals surface area contributed by atoms with Crippen molar-refractivity contribution in [3.63, 3.8) is 0 Å². The van der Waals surface area contributed by atoms with Crippen molar-refractivity contribution in [3.8, 4) is 10.7 Å². The Bertz CT molecular complexity index is 627. The molecule has 0 aliphatic carbocycles. The van der Waals surface area contributed by atoms with Gasteiger partial charge in [0.25, 0.3) is 0 Å². The average Bonchev–Trinajstić information content (AvgIpc) is 3.17. The van der Waals surface area contributed by atoms with Crippen molar-refractivity contribution in [2.24, 2.45) is 0 Å². The predicted octanol–water partition coefficient (Wildman–Crippen LogP) is 2.39. The second kappa shape index (κ2) is 8.05. The van der Waals surface area contributed by atoms with Crippen LogP contribution in [0.3, 0.4) is 0 Å². The molecule has 120 valence electrons. The van der Waals surface area contributed by atoms with E-state index in [1.165, 1.54) is 0 Å². The second-order valence-corrected chi connectivity index (χ2v) is 6.73. The fourth-order valence-corrected chi connectivity index (χ4v) is 3.54. The van der Waals surface area contributed by atoms with Crippen LogP contribution in [0.15, 0.2) is 20.4 Å². The number of carbonyl (C=O) groups is 1. The summed E-state index contributed by atoms with van der Waals surface area (Å²) in [5.41, 5.74) is 0. The molecule has 2 aromatic rings. The van der Waals surface area contributed by atoms with E-state index in [0.717, 1.165) is 28.9 Å². The number of aromatic nitrogens is 2. The Labute approximate surface area is 146 Å². The Morgan fingerprint density at radius 2 is 2.45 bits per heavy atom. The van der Waals surface area contributed by atoms with Gasteiger partial charge in [0, 0.05) is 35.3 Å². The smallest absolute Gasteiger partial charge is 0.227 e. The number of hydrogen-bond acceptors (Lipinski definition) is 6. The van der Waals surface area contributed by atoms with Gasteiger partial charge < -0.3 is 15.2 Å². The third-order valence-corrected chi connectivity index (χ3v) is 4.93. The SMILES string of the molecule is Cl.O=C(CCc1nc(-c2cc(Br)cs2)no1)NC1CCNC1. The molecule has 9 heteroatoms. The fraction of sp³-hybridized carbons (Fsp3) is 0.462. The second-order valence-electron chi connectivity index (χ2n) is 4.90. The first kappa shape index (κ1) is 17.4. The van der Waals surface area contributed by atoms with E-state index in [9.17, 15) is 4.79 Å². The van der Waals surface area contributed by atoms with Crippen LogP contribution in [0.25, 0.3) is 10.7 Å². The van der Waals surface area contributed by atoms with Gasteiger partial charge in [-0.15, -0.1) is 23.7 Å². The van der Waals surface area contributed by atoms with E-state index in [2.05, 4.69) is 36.7 Å². The maximum absolute atomic E-state index is 11.8. The lowest BCUT2D eigenvalue weighted by atomic mass is 10.2. The molecule has 2 aromatic heterocycles. The molecule has 0 bridgehead atoms. The first-order valence-electron chi connectivity index (χ1n) is 6.78. The van der Waals surface area contributed by atoms with Crippen LogP contribution in [-0.4, -0.2) is 35.2 Å². The molecule has 1 aliphatic rings. The topological polar surface area (TPSA) is 80.0 Å². The van der Waals surface area contributed by atoms with Gasteiger partial charge in [0.05, 0.1) is 4.88 Å². The zero-order valence-electron chi connectivity index (χ0n) is 11.7. The molecule has 6 nitrogen and oxygen atoms in total. The van der Waals surface area contributed by atoms with Crippen LogP contribution in [0, 0.1) is 0 Å². The van der Waals surface area contributed by atoms with Crippen LogP contribution in [0.5, 0.6) is 0 Å². The number of aryl methyl sites for hydroxylation is 1. The summed E-state index contributed by atoms with van der Waals surface area (Å²) < 4.78 is 6.19. The lowest BCUT2D eigenvalue weighted by Gasteiger charge is -2.10. The van der Waals surface area contributed by atoms with Crippen molar-refractivity contribution < 1.29 is 9.32 Å². The van der Waals surface area contributed by atoms with Crippen LogP contribution in [0.1, 0.15) is 18.7 Å². The number of nitrogens with zero attached hydrogens (tertiary/aromatic N) is 2. The standard InChI is InChI=1S/C13H15BrN4O2S.ClH/c14-8-5-10(21-7-8)13-17-12(20-18-13)2-1-11(19)16-9-3-4-15-6-9;/h5,7,9,15H,1-4,6H2,(H,16,19);1H. The predicted molar refractivity (Wildman–Crippen MR) is 90.3 cm³/mol. The summed E-state index contributed by atoms with van der Waals surface area (Å²) in [6, 6.07) is 2.19. The van der Waals surface area contributed by atoms with Crippen molar-refractivity contribution in [1.29, 1.82) is 0 Å². The van der Waals surface area contributed by atoms with Gasteiger partial charge in [-0.3, -0.25) is 4.79 Å². The summed E-state index contributed by atoms with van der Waals surface area (Å²) in [6.07, 6.45) is 1.82. The highest BCUT2D eigenvalue weighted by atomic mass is 79.9. The molecule has 3 rings (SSSR count). The molecule has 1 amide bonds. The monoisotopic (exact) mass is 406 g/mol. The van der Waals surface area contributed by atoms with Gasteiger partial charge in [0.15, 0.2) is 0 Å². The molecular formula is C13H16BrClN4O2S. The molecule has 3 heterocycles. The lowest BCUT2D eigenvalue weighted by molar-refractivity contribution is -0.121. The highest BCUT2D eigenvalue weighted by Gasteiger charge is 2.17. The van der Waals surface area contributed by atoms with Crippen molar-refractivity contribution in [3.05, 3.63) is 21.8 Å². The fourth-order valence-electron chi connectivity index (χ4n) is 2.18. The van der Waals surface area contributed by atoms with Crippen molar-refractivity contribution >= 4 is 45.6 Å². The van der Waals surface area contributed by atoms with E-state index in [4.69, 9.17) is 4.52 Å². The number of rotatable bonds is 5. The van der Waals surface area contributed by atoms with E-state index in [1.807, 2.05) is 11.4 Å². The van der Waals surface area contributed by atoms with E-state index >= 15 is 0 Å². The van der Waals surface area contributed by atoms with E-state index in [-0.39, 0.29) is 24.4 Å². The third kappa shape index (κ3) is 4.52. The quantitative estimate of drug-likeness (QED) is 0.795. The highest BCUT2D eigenvalue weighted by molar-refractivity contribution is 9.10. The highest BCUT2D eigenvalue weighted by Crippen LogP contribution is 2.27. The Morgan fingerprint density at radius 1 is 1.59 bits per heavy atom. The summed E-state index contributed by atoms with van der Waals surface area (Å²) >= 11 is 4.94. The molecule has 0 spiro atoms. The Balaban J connectivity index is 0.00000176. The molecule has 1 saturated heterocycles. The van der Waals surface area contributed by atoms with Crippen LogP contribution in [0.4, 0.5) is 0 Å². The summed E-state index contributed by atoms with van der Waals surface area (Å²) in [6.45, 7) is 1.82. The largest absolute Gasteiger partial charge is 0.352 e. The Kier molecular flexibility index (Phi) is 6.37. The van der Waals surface area contributed by atoms with Crippen LogP contribution in [0.2, 0.25) is 0 Å². The molecule has 0 radical (unpaired) electrons. The summed E-state index contributed by atoms with van der Waals surface area (Å²) in [7, 11) is 0. The average molecular weight is 408 g/mol. The minimum absolute atomic E-state index is 0. The maximum Gasteiger partial charge on any atom is 0.227 e. The molecule has 1 unspecified atom stereocenters. The van der Waals surface area contributed by atoms with Gasteiger partial charge in [-0.2, -0.15) is 4.98 Å². The molecule has 22 heavy (non-hydrogen) atoms. The third-order valence-electron chi connectivity index (χ3n) is 3.25. The molecule has 1 aliphatic heterocycles. The Hall–Kier alpha value is -0.960. The number of hydrogen-bond donors (Lipinski definition) is 2. The molecule has 1 atom stereocenters. The van der Waals surface area contributed by atoms with Crippen molar-refractivity contribution in [1.82, 2.24) is 20.8 Å². The van der Waals surface area contributed by atoms with Gasteiger partial charge in [0.2, 0.25) is 17.6 Å². The first-order valence-corrected chi connectivity index (χ1v) is 8.45. The summed E-state index contributed by atoms with van der Waals surface area (Å²) in [5.74, 6) is 1.10. The lowest BCUT2D eigenvalue weighted by Crippen LogP contribution is -2.36. The minimum atomic E-state index is 0. The van der Waals surface area contributed by atoms with Gasteiger partial charge >= 0.3 is 0 Å². The van der Waals surface area contributed by atoms with Crippen molar-refractivity contribution in [2.75, 3.05) is 13.1 Å². The van der Waals surface area contributed by atoms with E-state index < -0.39 is 0 Å². The molecule has 0 saturated carbocycles. The molecular weight excluding hydrogens is 392 g/mol. The minimum Gasteiger partial charge on any atom is -0.352 e. The van der Waals surface area contributed by atoms with Gasteiger partial charge in [-0.25, -0.2) is 0 Å². The van der Waals surface area contributed by atoms with Crippen LogP contribution < -0.4 is 10.6 Å².